The van der Waals surface area contributed by atoms with Crippen molar-refractivity contribution in [1.82, 2.24) is 45.0 Å². The van der Waals surface area contributed by atoms with Crippen molar-refractivity contribution >= 4 is 28.2 Å². The number of carbonyl (C=O) groups excluding carboxylic acids is 1. The predicted octanol–water partition coefficient (Wildman–Crippen LogP) is 7.73. The van der Waals surface area contributed by atoms with Gasteiger partial charge in [0.25, 0.3) is 11.5 Å². The number of aromatic amines is 1. The molecule has 7 aromatic rings. The van der Waals surface area contributed by atoms with E-state index in [2.05, 4.69) is 40.8 Å². The lowest BCUT2D eigenvalue weighted by atomic mass is 10.0. The van der Waals surface area contributed by atoms with E-state index in [1.807, 2.05) is 4.90 Å². The van der Waals surface area contributed by atoms with Gasteiger partial charge in [-0.1, -0.05) is 48.5 Å². The summed E-state index contributed by atoms with van der Waals surface area (Å²) >= 11 is 0. The molecule has 324 valence electrons. The number of carbonyl (C=O) groups is 1. The molecule has 3 aromatic carbocycles. The molecule has 0 bridgehead atoms. The monoisotopic (exact) mass is 861 g/mol. The number of methoxy groups -OCH3 is 1. The molecule has 14 nitrogen and oxygen atoms in total. The van der Waals surface area contributed by atoms with Crippen LogP contribution in [0.4, 0.5) is 29.1 Å². The summed E-state index contributed by atoms with van der Waals surface area (Å²) in [5.41, 5.74) is 2.90. The molecule has 0 spiro atoms. The first-order chi connectivity index (χ1) is 30.3. The van der Waals surface area contributed by atoms with Gasteiger partial charge >= 0.3 is 6.18 Å². The number of hydrogen-bond acceptors (Lipinski definition) is 11. The summed E-state index contributed by atoms with van der Waals surface area (Å²) in [6.45, 7) is 4.03. The fourth-order valence-corrected chi connectivity index (χ4v) is 7.46. The van der Waals surface area contributed by atoms with Gasteiger partial charge in [-0.25, -0.2) is 34.4 Å². The van der Waals surface area contributed by atoms with Crippen LogP contribution in [0.25, 0.3) is 33.5 Å². The first-order valence-electron chi connectivity index (χ1n) is 20.3. The van der Waals surface area contributed by atoms with E-state index in [-0.39, 0.29) is 55.0 Å². The van der Waals surface area contributed by atoms with Crippen LogP contribution in [-0.4, -0.2) is 72.8 Å². The minimum absolute atomic E-state index is 0.0479. The summed E-state index contributed by atoms with van der Waals surface area (Å²) in [5.74, 6) is 0.163. The van der Waals surface area contributed by atoms with Gasteiger partial charge in [0.1, 0.15) is 23.5 Å². The minimum atomic E-state index is -4.60. The molecule has 4 heterocycles. The van der Waals surface area contributed by atoms with E-state index >= 15 is 4.39 Å². The van der Waals surface area contributed by atoms with Crippen molar-refractivity contribution in [3.63, 3.8) is 0 Å². The molecule has 1 aliphatic rings. The molecular formula is C45H43F4N11O3. The second-order valence-corrected chi connectivity index (χ2v) is 15.5. The first-order valence-corrected chi connectivity index (χ1v) is 20.3. The molecule has 0 unspecified atom stereocenters. The lowest BCUT2D eigenvalue weighted by Crippen LogP contribution is -2.36. The van der Waals surface area contributed by atoms with Crippen molar-refractivity contribution in [1.29, 1.82) is 0 Å². The summed E-state index contributed by atoms with van der Waals surface area (Å²) in [6, 6.07) is 18.1. The Bertz CT molecular complexity index is 2860. The molecular weight excluding hydrogens is 819 g/mol. The third-order valence-electron chi connectivity index (χ3n) is 10.8. The predicted molar refractivity (Wildman–Crippen MR) is 229 cm³/mol. The minimum Gasteiger partial charge on any atom is -0.480 e. The van der Waals surface area contributed by atoms with E-state index < -0.39 is 23.6 Å². The first kappa shape index (κ1) is 42.5. The number of benzene rings is 3. The van der Waals surface area contributed by atoms with Crippen molar-refractivity contribution in [2.24, 2.45) is 0 Å². The van der Waals surface area contributed by atoms with E-state index in [1.54, 1.807) is 81.7 Å². The maximum Gasteiger partial charge on any atom is 0.434 e. The highest BCUT2D eigenvalue weighted by atomic mass is 19.4. The number of nitrogens with one attached hydrogen (secondary N) is 3. The van der Waals surface area contributed by atoms with Gasteiger partial charge in [0.05, 0.1) is 41.3 Å². The second-order valence-electron chi connectivity index (χ2n) is 15.5. The average Bonchev–Trinajstić information content (AvgIpc) is 4.03. The number of H-pyrrole nitrogens is 1. The van der Waals surface area contributed by atoms with Crippen LogP contribution in [0, 0.1) is 5.82 Å². The molecule has 0 aliphatic heterocycles. The third-order valence-corrected chi connectivity index (χ3v) is 10.8. The van der Waals surface area contributed by atoms with E-state index in [0.29, 0.717) is 56.4 Å². The van der Waals surface area contributed by atoms with Crippen LogP contribution in [0.5, 0.6) is 5.88 Å². The van der Waals surface area contributed by atoms with Crippen molar-refractivity contribution in [3.05, 3.63) is 135 Å². The number of anilines is 2. The SMILES string of the molecule is CNc1cnc(-c2c(OC)ncnc2C2CC2)nc1N(CCNC(=O)c1cc(Cc2n[nH]c(=O)c3ccccc23)ccc1F)Cc1ccc(-c2nc(C(F)(F)F)cn2C(C)C)cc1. The van der Waals surface area contributed by atoms with Gasteiger partial charge in [-0.05, 0) is 56.0 Å². The normalized spacial score (nSPS) is 12.8. The molecule has 8 rings (SSSR count). The molecule has 63 heavy (non-hydrogen) atoms. The lowest BCUT2D eigenvalue weighted by Gasteiger charge is -2.27. The number of aromatic nitrogens is 8. The Labute approximate surface area is 358 Å². The van der Waals surface area contributed by atoms with Crippen LogP contribution in [0.15, 0.2) is 90.2 Å². The zero-order valence-electron chi connectivity index (χ0n) is 34.8. The van der Waals surface area contributed by atoms with Crippen LogP contribution in [-0.2, 0) is 19.1 Å². The van der Waals surface area contributed by atoms with Gasteiger partial charge in [0.2, 0.25) is 5.88 Å². The Morgan fingerprint density at radius 3 is 2.44 bits per heavy atom. The molecule has 1 fully saturated rings. The van der Waals surface area contributed by atoms with E-state index in [9.17, 15) is 22.8 Å². The standard InChI is InChI=1S/C45H43F4N11O3/c1-25(2)60-23-36(45(47,48)49)55-40(60)29-12-9-26(10-13-29)22-59(41-35(50-3)21-52-39(56-41)37-38(28-14-15-28)53-24-54-44(37)63-4)18-17-51-42(61)32-19-27(11-16-33(32)46)20-34-30-7-5-6-8-31(30)43(62)58-57-34/h5-13,16,19,21,23-25,28,50H,14-15,17-18,20,22H2,1-4H3,(H,51,61)(H,58,62). The molecule has 18 heteroatoms. The van der Waals surface area contributed by atoms with Crippen LogP contribution in [0.3, 0.4) is 0 Å². The molecule has 4 aromatic heterocycles. The number of hydrogen-bond donors (Lipinski definition) is 3. The van der Waals surface area contributed by atoms with Gasteiger partial charge in [-0.3, -0.25) is 9.59 Å². The van der Waals surface area contributed by atoms with E-state index in [1.165, 1.54) is 30.1 Å². The topological polar surface area (TPSA) is 169 Å². The zero-order valence-corrected chi connectivity index (χ0v) is 34.8. The number of ether oxygens (including phenoxy) is 1. The summed E-state index contributed by atoms with van der Waals surface area (Å²) in [5, 5.41) is 13.9. The van der Waals surface area contributed by atoms with E-state index in [4.69, 9.17) is 9.72 Å². The Morgan fingerprint density at radius 2 is 1.75 bits per heavy atom. The molecule has 1 aliphatic carbocycles. The number of nitrogens with zero attached hydrogens (tertiary/aromatic N) is 8. The molecule has 0 saturated heterocycles. The van der Waals surface area contributed by atoms with Crippen molar-refractivity contribution in [2.75, 3.05) is 37.5 Å². The van der Waals surface area contributed by atoms with Crippen LogP contribution < -0.4 is 25.8 Å². The highest BCUT2D eigenvalue weighted by Crippen LogP contribution is 2.45. The van der Waals surface area contributed by atoms with Gasteiger partial charge in [-0.15, -0.1) is 0 Å². The van der Waals surface area contributed by atoms with Gasteiger partial charge in [0.15, 0.2) is 17.3 Å². The fraction of sp³-hybridized carbons (Fsp3) is 0.289. The summed E-state index contributed by atoms with van der Waals surface area (Å²) in [7, 11) is 3.24. The fourth-order valence-electron chi connectivity index (χ4n) is 7.46. The summed E-state index contributed by atoms with van der Waals surface area (Å²) in [4.78, 5) is 50.5. The number of fused-ring (bicyclic) bond motifs is 1. The average molecular weight is 862 g/mol. The summed E-state index contributed by atoms with van der Waals surface area (Å²) in [6.07, 6.45) is 1.65. The maximum atomic E-state index is 15.3. The Hall–Kier alpha value is -7.24. The van der Waals surface area contributed by atoms with Crippen molar-refractivity contribution < 1.29 is 27.1 Å². The number of rotatable bonds is 15. The lowest BCUT2D eigenvalue weighted by molar-refractivity contribution is -0.140. The third kappa shape index (κ3) is 9.05. The van der Waals surface area contributed by atoms with Gasteiger partial charge in [0, 0.05) is 62.2 Å². The molecule has 0 atom stereocenters. The quantitative estimate of drug-likeness (QED) is 0.0863. The molecule has 1 amide bonds. The highest BCUT2D eigenvalue weighted by Gasteiger charge is 2.35. The largest absolute Gasteiger partial charge is 0.480 e. The van der Waals surface area contributed by atoms with Gasteiger partial charge < -0.3 is 24.8 Å². The van der Waals surface area contributed by atoms with Gasteiger partial charge in [-0.2, -0.15) is 18.3 Å². The number of imidazole rings is 1. The maximum absolute atomic E-state index is 15.3. The van der Waals surface area contributed by atoms with Crippen molar-refractivity contribution in [2.45, 2.75) is 57.8 Å². The molecule has 3 N–H and O–H groups in total. The smallest absolute Gasteiger partial charge is 0.434 e. The Balaban J connectivity index is 1.09. The van der Waals surface area contributed by atoms with E-state index in [0.717, 1.165) is 30.3 Å². The number of halogens is 4. The summed E-state index contributed by atoms with van der Waals surface area (Å²) < 4.78 is 63.5. The van der Waals surface area contributed by atoms with Crippen LogP contribution in [0.2, 0.25) is 0 Å². The Kier molecular flexibility index (Phi) is 11.9. The van der Waals surface area contributed by atoms with Crippen molar-refractivity contribution in [3.8, 4) is 28.7 Å². The highest BCUT2D eigenvalue weighted by molar-refractivity contribution is 5.94. The number of alkyl halides is 3. The molecule has 1 saturated carbocycles. The van der Waals surface area contributed by atoms with Crippen LogP contribution in [0.1, 0.15) is 77.2 Å². The van der Waals surface area contributed by atoms with Crippen LogP contribution >= 0.6 is 0 Å². The zero-order chi connectivity index (χ0) is 44.4. The number of amides is 1. The molecule has 0 radical (unpaired) electrons. The Morgan fingerprint density at radius 1 is 1.00 bits per heavy atom. The second kappa shape index (κ2) is 17.6.